The summed E-state index contributed by atoms with van der Waals surface area (Å²) in [6, 6.07) is 33.3. The third-order valence-corrected chi connectivity index (χ3v) is 12.6. The van der Waals surface area contributed by atoms with Crippen molar-refractivity contribution in [3.8, 4) is 22.6 Å². The summed E-state index contributed by atoms with van der Waals surface area (Å²) in [4.78, 5) is 14.2. The largest absolute Gasteiger partial charge is 0.486 e. The molecule has 7 rings (SSSR count). The third kappa shape index (κ3) is 7.36. The van der Waals surface area contributed by atoms with Crippen LogP contribution in [-0.4, -0.2) is 32.8 Å². The molecule has 0 saturated carbocycles. The predicted molar refractivity (Wildman–Crippen MR) is 199 cm³/mol. The number of imidazole rings is 1. The van der Waals surface area contributed by atoms with Gasteiger partial charge in [0.2, 0.25) is 5.71 Å². The number of hydrogen-bond acceptors (Lipinski definition) is 4. The second-order valence-corrected chi connectivity index (χ2v) is 25.4. The molecular formula is C41H44GeIrN4O-2. The molecule has 4 heterocycles. The van der Waals surface area contributed by atoms with Crippen LogP contribution < -0.4 is 4.40 Å². The molecule has 0 fully saturated rings. The number of furan rings is 1. The number of nitrogens with zero attached hydrogens (tertiary/aromatic N) is 4. The Morgan fingerprint density at radius 3 is 2.31 bits per heavy atom. The van der Waals surface area contributed by atoms with Crippen LogP contribution in [0.25, 0.3) is 55.7 Å². The van der Waals surface area contributed by atoms with Gasteiger partial charge in [-0.15, -0.1) is 18.2 Å². The van der Waals surface area contributed by atoms with E-state index in [0.717, 1.165) is 62.1 Å². The van der Waals surface area contributed by atoms with Crippen LogP contribution in [0.15, 0.2) is 89.5 Å². The summed E-state index contributed by atoms with van der Waals surface area (Å²) < 4.78 is 9.99. The maximum absolute atomic E-state index is 6.19. The maximum atomic E-state index is 6.19. The van der Waals surface area contributed by atoms with E-state index in [2.05, 4.69) is 104 Å². The standard InChI is InChI=1S/C23H20N3O.C18H24GeN.Ir/c1-14-12-13-16-15-8-7-9-17(20(15)27-22(16)24-14)21-25-18-10-5-6-11-19(18)26(21)23(2,3)4;1-14(2)11-16-12-18(15-9-7-6-8-10-15)20-13-17(16)19(3,4)5;/h5-8,10-13H,1-4H3;6-9,12-14H,11H2,1-5H3;/q2*-1;. The second-order valence-electron chi connectivity index (χ2n) is 14.8. The van der Waals surface area contributed by atoms with Gasteiger partial charge in [0.25, 0.3) is 0 Å². The normalized spacial score (nSPS) is 12.0. The van der Waals surface area contributed by atoms with Gasteiger partial charge in [0, 0.05) is 36.7 Å². The quantitative estimate of drug-likeness (QED) is 0.128. The van der Waals surface area contributed by atoms with Crippen molar-refractivity contribution in [1.82, 2.24) is 19.5 Å². The molecule has 5 nitrogen and oxygen atoms in total. The van der Waals surface area contributed by atoms with Crippen LogP contribution in [0, 0.1) is 25.0 Å². The molecule has 0 aliphatic carbocycles. The van der Waals surface area contributed by atoms with E-state index in [1.54, 1.807) is 4.40 Å². The van der Waals surface area contributed by atoms with E-state index in [9.17, 15) is 0 Å². The Morgan fingerprint density at radius 2 is 1.62 bits per heavy atom. The molecule has 3 aromatic carbocycles. The van der Waals surface area contributed by atoms with Crippen molar-refractivity contribution in [3.63, 3.8) is 0 Å². The van der Waals surface area contributed by atoms with E-state index in [0.29, 0.717) is 11.6 Å². The molecule has 0 atom stereocenters. The number of benzene rings is 3. The summed E-state index contributed by atoms with van der Waals surface area (Å²) in [6.07, 6.45) is 3.27. The minimum Gasteiger partial charge on any atom is -0.486 e. The zero-order chi connectivity index (χ0) is 33.5. The van der Waals surface area contributed by atoms with Gasteiger partial charge in [-0.2, -0.15) is 0 Å². The Hall–Kier alpha value is -3.58. The molecule has 7 heteroatoms. The van der Waals surface area contributed by atoms with Crippen molar-refractivity contribution in [3.05, 3.63) is 108 Å². The molecular weight excluding hydrogens is 829 g/mol. The molecule has 0 unspecified atom stereocenters. The topological polar surface area (TPSA) is 56.7 Å². The summed E-state index contributed by atoms with van der Waals surface area (Å²) in [5, 5.41) is 2.06. The van der Waals surface area contributed by atoms with Crippen molar-refractivity contribution >= 4 is 50.8 Å². The summed E-state index contributed by atoms with van der Waals surface area (Å²) in [6.45, 7) is 13.1. The van der Waals surface area contributed by atoms with Crippen LogP contribution in [0.3, 0.4) is 0 Å². The molecule has 0 spiro atoms. The maximum Gasteiger partial charge on any atom is 0.216 e. The Balaban J connectivity index is 0.000000193. The van der Waals surface area contributed by atoms with Gasteiger partial charge in [0.15, 0.2) is 0 Å². The van der Waals surface area contributed by atoms with Gasteiger partial charge in [-0.05, 0) is 52.0 Å². The fraction of sp³-hybridized carbons (Fsp3) is 0.293. The van der Waals surface area contributed by atoms with Crippen molar-refractivity contribution < 1.29 is 24.5 Å². The Morgan fingerprint density at radius 1 is 0.875 bits per heavy atom. The van der Waals surface area contributed by atoms with Crippen molar-refractivity contribution in [2.24, 2.45) is 5.92 Å². The van der Waals surface area contributed by atoms with E-state index in [4.69, 9.17) is 14.4 Å². The number of para-hydroxylation sites is 2. The van der Waals surface area contributed by atoms with E-state index >= 15 is 0 Å². The van der Waals surface area contributed by atoms with Gasteiger partial charge in [-0.3, -0.25) is 4.98 Å². The molecule has 0 aliphatic heterocycles. The first-order valence-electron chi connectivity index (χ1n) is 16.5. The molecule has 1 radical (unpaired) electrons. The van der Waals surface area contributed by atoms with Gasteiger partial charge in [0.1, 0.15) is 0 Å². The average molecular weight is 874 g/mol. The van der Waals surface area contributed by atoms with Crippen LogP contribution in [0.4, 0.5) is 0 Å². The molecule has 0 N–H and O–H groups in total. The van der Waals surface area contributed by atoms with Crippen molar-refractivity contribution in [1.29, 1.82) is 0 Å². The zero-order valence-electron chi connectivity index (χ0n) is 29.4. The molecule has 7 aromatic rings. The Bertz CT molecular complexity index is 2190. The second kappa shape index (κ2) is 14.1. The van der Waals surface area contributed by atoms with E-state index in [1.807, 2.05) is 61.5 Å². The molecule has 249 valence electrons. The van der Waals surface area contributed by atoms with E-state index in [-0.39, 0.29) is 25.6 Å². The first kappa shape index (κ1) is 35.7. The molecule has 0 aliphatic rings. The number of fused-ring (bicyclic) bond motifs is 4. The smallest absolute Gasteiger partial charge is 0.216 e. The van der Waals surface area contributed by atoms with Crippen LogP contribution in [0.1, 0.15) is 45.9 Å². The molecule has 0 bridgehead atoms. The summed E-state index contributed by atoms with van der Waals surface area (Å²) in [7, 11) is 0. The number of hydrogen-bond donors (Lipinski definition) is 0. The first-order chi connectivity index (χ1) is 22.3. The van der Waals surface area contributed by atoms with Crippen LogP contribution >= 0.6 is 0 Å². The predicted octanol–water partition coefficient (Wildman–Crippen LogP) is 10.2. The summed E-state index contributed by atoms with van der Waals surface area (Å²) >= 11 is -1.86. The fourth-order valence-corrected chi connectivity index (χ4v) is 9.57. The van der Waals surface area contributed by atoms with Crippen molar-refractivity contribution in [2.45, 2.75) is 70.8 Å². The van der Waals surface area contributed by atoms with Gasteiger partial charge in [0.05, 0.1) is 22.4 Å². The van der Waals surface area contributed by atoms with Gasteiger partial charge < -0.3 is 8.98 Å². The summed E-state index contributed by atoms with van der Waals surface area (Å²) in [5.74, 6) is 8.86. The Labute approximate surface area is 300 Å². The monoisotopic (exact) mass is 875 g/mol. The minimum atomic E-state index is -1.86. The van der Waals surface area contributed by atoms with Gasteiger partial charge in [-0.1, -0.05) is 23.1 Å². The summed E-state index contributed by atoms with van der Waals surface area (Å²) in [5.41, 5.74) is 8.83. The number of aromatic nitrogens is 4. The number of rotatable bonds is 5. The molecule has 48 heavy (non-hydrogen) atoms. The number of pyridine rings is 2. The van der Waals surface area contributed by atoms with Gasteiger partial charge >= 0.3 is 126 Å². The van der Waals surface area contributed by atoms with Crippen LogP contribution in [0.2, 0.25) is 17.3 Å². The molecule has 4 aromatic heterocycles. The van der Waals surface area contributed by atoms with Gasteiger partial charge in [-0.25, -0.2) is 4.98 Å². The zero-order valence-corrected chi connectivity index (χ0v) is 33.9. The SMILES string of the molecule is CC(C)Cc1cc(-c2[c-]cccc2)nc[c]1[Ge]([CH3])([CH3])[CH3].Cc1ccc2c(n1)oc1c(-c3nc4ccccc4n3C(C)(C)C)[c-]ccc12.[Ir]. The third-order valence-electron chi connectivity index (χ3n) is 8.30. The first-order valence-corrected chi connectivity index (χ1v) is 23.8. The van der Waals surface area contributed by atoms with E-state index in [1.165, 1.54) is 5.56 Å². The van der Waals surface area contributed by atoms with E-state index < -0.39 is 13.3 Å². The minimum absolute atomic E-state index is 0. The van der Waals surface area contributed by atoms with Crippen LogP contribution in [-0.2, 0) is 32.1 Å². The average Bonchev–Trinajstić information content (AvgIpc) is 3.59. The molecule has 0 amide bonds. The Kier molecular flexibility index (Phi) is 10.5. The van der Waals surface area contributed by atoms with Crippen molar-refractivity contribution in [2.75, 3.05) is 0 Å². The fourth-order valence-electron chi connectivity index (χ4n) is 6.23. The number of aryl methyl sites for hydroxylation is 1. The molecule has 0 saturated heterocycles. The van der Waals surface area contributed by atoms with Crippen LogP contribution in [0.5, 0.6) is 0 Å².